The lowest BCUT2D eigenvalue weighted by Crippen LogP contribution is -2.43. The Kier molecular flexibility index (Phi) is 6.11. The maximum Gasteiger partial charge on any atom is 0.241 e. The number of nitrogens with zero attached hydrogens (tertiary/aromatic N) is 3. The Hall–Kier alpha value is -3.02. The second-order valence-corrected chi connectivity index (χ2v) is 8.11. The topological polar surface area (TPSA) is 70.6 Å². The van der Waals surface area contributed by atoms with Crippen LogP contribution >= 0.6 is 0 Å². The molecule has 1 aromatic heterocycles. The Morgan fingerprint density at radius 3 is 2.41 bits per heavy atom. The van der Waals surface area contributed by atoms with Gasteiger partial charge in [0.2, 0.25) is 17.7 Å². The highest BCUT2D eigenvalue weighted by Crippen LogP contribution is 2.40. The molecule has 152 valence electrons. The molecule has 1 saturated heterocycles. The Labute approximate surface area is 171 Å². The lowest BCUT2D eigenvalue weighted by molar-refractivity contribution is -0.143. The van der Waals surface area contributed by atoms with Gasteiger partial charge in [-0.15, -0.1) is 0 Å². The molecule has 1 atom stereocenters. The fraction of sp³-hybridized carbons (Fsp3) is 0.391. The van der Waals surface area contributed by atoms with Gasteiger partial charge >= 0.3 is 0 Å². The molecule has 6 nitrogen and oxygen atoms in total. The summed E-state index contributed by atoms with van der Waals surface area (Å²) in [5.74, 6) is -0.373. The van der Waals surface area contributed by atoms with Gasteiger partial charge in [-0.25, -0.2) is 0 Å². The number of hydrogen-bond donors (Lipinski definition) is 0. The number of likely N-dealkylation sites (tertiary alicyclic amines) is 1. The van der Waals surface area contributed by atoms with Crippen molar-refractivity contribution in [3.8, 4) is 0 Å². The molecule has 1 aromatic carbocycles. The third-order valence-corrected chi connectivity index (χ3v) is 5.34. The molecule has 0 aliphatic carbocycles. The van der Waals surface area contributed by atoms with E-state index < -0.39 is 5.41 Å². The molecule has 2 heterocycles. The summed E-state index contributed by atoms with van der Waals surface area (Å²) in [6.07, 6.45) is 3.25. The van der Waals surface area contributed by atoms with Crippen LogP contribution in [0.1, 0.15) is 37.8 Å². The number of hydrogen-bond acceptors (Lipinski definition) is 4. The van der Waals surface area contributed by atoms with Crippen LogP contribution in [0.15, 0.2) is 54.9 Å². The van der Waals surface area contributed by atoms with Gasteiger partial charge in [0.05, 0.1) is 12.0 Å². The van der Waals surface area contributed by atoms with E-state index in [0.29, 0.717) is 18.0 Å². The minimum Gasteiger partial charge on any atom is -0.345 e. The van der Waals surface area contributed by atoms with E-state index in [4.69, 9.17) is 0 Å². The zero-order valence-corrected chi connectivity index (χ0v) is 17.2. The smallest absolute Gasteiger partial charge is 0.241 e. The second kappa shape index (κ2) is 8.55. The standard InChI is InChI=1S/C23H27N3O3/c1-17(2)15-25(3)20(27)13-23(19-7-5-4-6-8-19)14-21(28)26(22(23)29)16-18-9-11-24-12-10-18/h4-12,17H,13-16H2,1-3H3/t23-/m1/s1. The van der Waals surface area contributed by atoms with Crippen LogP contribution in [0.4, 0.5) is 0 Å². The highest BCUT2D eigenvalue weighted by Gasteiger charge is 2.53. The normalized spacial score (nSPS) is 19.1. The van der Waals surface area contributed by atoms with Gasteiger partial charge in [0, 0.05) is 38.8 Å². The molecule has 0 N–H and O–H groups in total. The number of rotatable bonds is 7. The Balaban J connectivity index is 1.93. The number of carbonyl (C=O) groups is 3. The first-order chi connectivity index (χ1) is 13.8. The molecular formula is C23H27N3O3. The lowest BCUT2D eigenvalue weighted by atomic mass is 9.75. The SMILES string of the molecule is CC(C)CN(C)C(=O)C[C@]1(c2ccccc2)CC(=O)N(Cc2ccncc2)C1=O. The summed E-state index contributed by atoms with van der Waals surface area (Å²) < 4.78 is 0. The number of aromatic nitrogens is 1. The summed E-state index contributed by atoms with van der Waals surface area (Å²) in [7, 11) is 1.75. The van der Waals surface area contributed by atoms with E-state index in [0.717, 1.165) is 5.56 Å². The number of benzene rings is 1. The highest BCUT2D eigenvalue weighted by molar-refractivity contribution is 6.10. The van der Waals surface area contributed by atoms with Crippen LogP contribution in [0, 0.1) is 5.92 Å². The fourth-order valence-corrected chi connectivity index (χ4v) is 3.90. The molecule has 1 aliphatic heterocycles. The van der Waals surface area contributed by atoms with E-state index >= 15 is 0 Å². The van der Waals surface area contributed by atoms with E-state index in [2.05, 4.69) is 4.98 Å². The van der Waals surface area contributed by atoms with Gasteiger partial charge in [-0.3, -0.25) is 24.3 Å². The van der Waals surface area contributed by atoms with Crippen molar-refractivity contribution in [2.45, 2.75) is 38.6 Å². The summed E-state index contributed by atoms with van der Waals surface area (Å²) in [4.78, 5) is 46.3. The van der Waals surface area contributed by atoms with E-state index in [1.807, 2.05) is 44.2 Å². The molecule has 1 aliphatic rings. The van der Waals surface area contributed by atoms with Gasteiger partial charge in [0.15, 0.2) is 0 Å². The Bertz CT molecular complexity index is 883. The third-order valence-electron chi connectivity index (χ3n) is 5.34. The Morgan fingerprint density at radius 2 is 1.79 bits per heavy atom. The van der Waals surface area contributed by atoms with Crippen molar-refractivity contribution >= 4 is 17.7 Å². The van der Waals surface area contributed by atoms with Crippen molar-refractivity contribution in [1.82, 2.24) is 14.8 Å². The summed E-state index contributed by atoms with van der Waals surface area (Å²) in [5, 5.41) is 0. The number of imide groups is 1. The monoisotopic (exact) mass is 393 g/mol. The van der Waals surface area contributed by atoms with Crippen LogP contribution in [0.25, 0.3) is 0 Å². The Morgan fingerprint density at radius 1 is 1.14 bits per heavy atom. The average Bonchev–Trinajstić information content (AvgIpc) is 2.94. The molecule has 1 fully saturated rings. The molecule has 3 rings (SSSR count). The maximum atomic E-state index is 13.5. The summed E-state index contributed by atoms with van der Waals surface area (Å²) in [6, 6.07) is 12.8. The van der Waals surface area contributed by atoms with Crippen molar-refractivity contribution < 1.29 is 14.4 Å². The van der Waals surface area contributed by atoms with Crippen molar-refractivity contribution in [3.63, 3.8) is 0 Å². The number of carbonyl (C=O) groups excluding carboxylic acids is 3. The number of pyridine rings is 1. The van der Waals surface area contributed by atoms with Crippen LogP contribution in [-0.2, 0) is 26.3 Å². The van der Waals surface area contributed by atoms with Crippen molar-refractivity contribution in [1.29, 1.82) is 0 Å². The van der Waals surface area contributed by atoms with Gasteiger partial charge in [0.1, 0.15) is 0 Å². The van der Waals surface area contributed by atoms with E-state index in [9.17, 15) is 14.4 Å². The van der Waals surface area contributed by atoms with Gasteiger partial charge in [-0.05, 0) is 29.2 Å². The molecule has 29 heavy (non-hydrogen) atoms. The molecule has 0 bridgehead atoms. The van der Waals surface area contributed by atoms with Crippen LogP contribution < -0.4 is 0 Å². The van der Waals surface area contributed by atoms with Crippen molar-refractivity contribution in [2.24, 2.45) is 5.92 Å². The summed E-state index contributed by atoms with van der Waals surface area (Å²) in [5.41, 5.74) is 0.379. The first-order valence-corrected chi connectivity index (χ1v) is 9.86. The average molecular weight is 393 g/mol. The van der Waals surface area contributed by atoms with E-state index in [-0.39, 0.29) is 37.1 Å². The predicted octanol–water partition coefficient (Wildman–Crippen LogP) is 2.78. The van der Waals surface area contributed by atoms with Crippen LogP contribution in [0.2, 0.25) is 0 Å². The van der Waals surface area contributed by atoms with Gasteiger partial charge in [-0.2, -0.15) is 0 Å². The highest BCUT2D eigenvalue weighted by atomic mass is 16.2. The fourth-order valence-electron chi connectivity index (χ4n) is 3.90. The molecular weight excluding hydrogens is 366 g/mol. The van der Waals surface area contributed by atoms with Crippen molar-refractivity contribution in [2.75, 3.05) is 13.6 Å². The first kappa shape index (κ1) is 20.7. The van der Waals surface area contributed by atoms with Crippen LogP contribution in [0.5, 0.6) is 0 Å². The summed E-state index contributed by atoms with van der Waals surface area (Å²) >= 11 is 0. The quantitative estimate of drug-likeness (QED) is 0.678. The number of amides is 3. The van der Waals surface area contributed by atoms with Crippen molar-refractivity contribution in [3.05, 3.63) is 66.0 Å². The predicted molar refractivity (Wildman–Crippen MR) is 110 cm³/mol. The molecule has 6 heteroatoms. The zero-order chi connectivity index (χ0) is 21.0. The zero-order valence-electron chi connectivity index (χ0n) is 17.2. The maximum absolute atomic E-state index is 13.5. The molecule has 0 spiro atoms. The lowest BCUT2D eigenvalue weighted by Gasteiger charge is -2.29. The minimum absolute atomic E-state index is 0.00217. The van der Waals surface area contributed by atoms with Gasteiger partial charge in [0.25, 0.3) is 0 Å². The van der Waals surface area contributed by atoms with E-state index in [1.165, 1.54) is 4.90 Å². The molecule has 0 unspecified atom stereocenters. The van der Waals surface area contributed by atoms with Crippen LogP contribution in [-0.4, -0.2) is 46.1 Å². The third kappa shape index (κ3) is 4.36. The largest absolute Gasteiger partial charge is 0.345 e. The molecule has 0 radical (unpaired) electrons. The van der Waals surface area contributed by atoms with Gasteiger partial charge < -0.3 is 4.90 Å². The van der Waals surface area contributed by atoms with Gasteiger partial charge in [-0.1, -0.05) is 44.2 Å². The first-order valence-electron chi connectivity index (χ1n) is 9.86. The summed E-state index contributed by atoms with van der Waals surface area (Å²) in [6.45, 7) is 4.87. The van der Waals surface area contributed by atoms with E-state index in [1.54, 1.807) is 36.5 Å². The molecule has 0 saturated carbocycles. The minimum atomic E-state index is -1.16. The van der Waals surface area contributed by atoms with Crippen LogP contribution in [0.3, 0.4) is 0 Å². The second-order valence-electron chi connectivity index (χ2n) is 8.11. The molecule has 2 aromatic rings. The molecule has 3 amide bonds.